The van der Waals surface area contributed by atoms with E-state index in [0.717, 1.165) is 26.9 Å². The number of nitrogens with one attached hydrogen (secondary N) is 1. The molecule has 0 aliphatic rings. The highest BCUT2D eigenvalue weighted by molar-refractivity contribution is 9.10. The van der Waals surface area contributed by atoms with Gasteiger partial charge < -0.3 is 4.98 Å². The van der Waals surface area contributed by atoms with Crippen LogP contribution in [0.2, 0.25) is 0 Å². The Kier molecular flexibility index (Phi) is 2.71. The van der Waals surface area contributed by atoms with Gasteiger partial charge in [-0.05, 0) is 49.2 Å². The van der Waals surface area contributed by atoms with Crippen molar-refractivity contribution in [2.24, 2.45) is 0 Å². The third-order valence-electron chi connectivity index (χ3n) is 3.22. The lowest BCUT2D eigenvalue weighted by molar-refractivity contribution is 1.29. The number of nitrogens with zero attached hydrogens (tertiary/aromatic N) is 1. The summed E-state index contributed by atoms with van der Waals surface area (Å²) in [5.74, 6) is 0.922. The Morgan fingerprint density at radius 2 is 1.83 bits per heavy atom. The van der Waals surface area contributed by atoms with Crippen LogP contribution in [-0.2, 0) is 0 Å². The maximum Gasteiger partial charge on any atom is 0.138 e. The Hall–Kier alpha value is -1.61. The highest BCUT2D eigenvalue weighted by Gasteiger charge is 2.06. The SMILES string of the molecule is Cc1ccc(-c2nc3ccc(Br)cc3[nH]2)cc1C. The molecule has 2 nitrogen and oxygen atoms in total. The highest BCUT2D eigenvalue weighted by Crippen LogP contribution is 2.24. The third kappa shape index (κ3) is 1.95. The van der Waals surface area contributed by atoms with Crippen molar-refractivity contribution >= 4 is 27.0 Å². The summed E-state index contributed by atoms with van der Waals surface area (Å²) in [5.41, 5.74) is 5.76. The Morgan fingerprint density at radius 1 is 1.00 bits per heavy atom. The lowest BCUT2D eigenvalue weighted by Gasteiger charge is -2.02. The van der Waals surface area contributed by atoms with Gasteiger partial charge in [-0.15, -0.1) is 0 Å². The molecule has 90 valence electrons. The minimum Gasteiger partial charge on any atom is -0.338 e. The molecule has 0 unspecified atom stereocenters. The van der Waals surface area contributed by atoms with Gasteiger partial charge in [0.2, 0.25) is 0 Å². The summed E-state index contributed by atoms with van der Waals surface area (Å²) in [4.78, 5) is 7.98. The zero-order valence-corrected chi connectivity index (χ0v) is 11.9. The minimum atomic E-state index is 0.922. The quantitative estimate of drug-likeness (QED) is 0.698. The van der Waals surface area contributed by atoms with Gasteiger partial charge in [-0.1, -0.05) is 28.1 Å². The van der Waals surface area contributed by atoms with Gasteiger partial charge in [-0.3, -0.25) is 0 Å². The summed E-state index contributed by atoms with van der Waals surface area (Å²) in [6.07, 6.45) is 0. The molecule has 0 aliphatic carbocycles. The summed E-state index contributed by atoms with van der Waals surface area (Å²) < 4.78 is 1.06. The topological polar surface area (TPSA) is 28.7 Å². The van der Waals surface area contributed by atoms with Gasteiger partial charge in [0.25, 0.3) is 0 Å². The third-order valence-corrected chi connectivity index (χ3v) is 3.72. The number of imidazole rings is 1. The zero-order valence-electron chi connectivity index (χ0n) is 10.3. The Morgan fingerprint density at radius 3 is 2.61 bits per heavy atom. The minimum absolute atomic E-state index is 0.922. The molecule has 0 atom stereocenters. The van der Waals surface area contributed by atoms with Gasteiger partial charge in [0.05, 0.1) is 11.0 Å². The van der Waals surface area contributed by atoms with Crippen LogP contribution in [-0.4, -0.2) is 9.97 Å². The van der Waals surface area contributed by atoms with Crippen LogP contribution in [0, 0.1) is 13.8 Å². The number of aryl methyl sites for hydroxylation is 2. The second kappa shape index (κ2) is 4.25. The lowest BCUT2D eigenvalue weighted by atomic mass is 10.1. The molecule has 1 heterocycles. The van der Waals surface area contributed by atoms with E-state index in [4.69, 9.17) is 0 Å². The number of rotatable bonds is 1. The van der Waals surface area contributed by atoms with Crippen molar-refractivity contribution in [2.75, 3.05) is 0 Å². The van der Waals surface area contributed by atoms with Gasteiger partial charge in [-0.2, -0.15) is 0 Å². The molecule has 3 aromatic rings. The van der Waals surface area contributed by atoms with Crippen LogP contribution >= 0.6 is 15.9 Å². The second-order valence-corrected chi connectivity index (χ2v) is 5.46. The summed E-state index contributed by atoms with van der Waals surface area (Å²) in [6.45, 7) is 4.24. The van der Waals surface area contributed by atoms with E-state index in [2.05, 4.69) is 57.9 Å². The molecule has 3 rings (SSSR count). The molecule has 3 heteroatoms. The van der Waals surface area contributed by atoms with Crippen molar-refractivity contribution in [1.82, 2.24) is 9.97 Å². The van der Waals surface area contributed by atoms with Crippen molar-refractivity contribution in [2.45, 2.75) is 13.8 Å². The van der Waals surface area contributed by atoms with Crippen molar-refractivity contribution in [1.29, 1.82) is 0 Å². The van der Waals surface area contributed by atoms with Gasteiger partial charge in [0.15, 0.2) is 0 Å². The van der Waals surface area contributed by atoms with E-state index < -0.39 is 0 Å². The van der Waals surface area contributed by atoms with Crippen LogP contribution in [0.1, 0.15) is 11.1 Å². The van der Waals surface area contributed by atoms with Gasteiger partial charge >= 0.3 is 0 Å². The van der Waals surface area contributed by atoms with E-state index in [1.807, 2.05) is 18.2 Å². The molecule has 1 N–H and O–H groups in total. The normalized spacial score (nSPS) is 11.1. The molecule has 0 saturated carbocycles. The number of hydrogen-bond acceptors (Lipinski definition) is 1. The first kappa shape index (κ1) is 11.5. The van der Waals surface area contributed by atoms with E-state index in [1.54, 1.807) is 0 Å². The fraction of sp³-hybridized carbons (Fsp3) is 0.133. The summed E-state index contributed by atoms with van der Waals surface area (Å²) in [6, 6.07) is 12.5. The summed E-state index contributed by atoms with van der Waals surface area (Å²) >= 11 is 3.47. The van der Waals surface area contributed by atoms with E-state index in [-0.39, 0.29) is 0 Å². The fourth-order valence-corrected chi connectivity index (χ4v) is 2.37. The van der Waals surface area contributed by atoms with Gasteiger partial charge in [0, 0.05) is 10.0 Å². The average molecular weight is 301 g/mol. The molecule has 0 aliphatic heterocycles. The van der Waals surface area contributed by atoms with Gasteiger partial charge in [0.1, 0.15) is 5.82 Å². The molecule has 2 aromatic carbocycles. The fourth-order valence-electron chi connectivity index (χ4n) is 2.01. The molecular formula is C15H13BrN2. The summed E-state index contributed by atoms with van der Waals surface area (Å²) in [5, 5.41) is 0. The largest absolute Gasteiger partial charge is 0.338 e. The first-order valence-corrected chi connectivity index (χ1v) is 6.66. The van der Waals surface area contributed by atoms with E-state index in [1.165, 1.54) is 11.1 Å². The zero-order chi connectivity index (χ0) is 12.7. The van der Waals surface area contributed by atoms with E-state index in [0.29, 0.717) is 0 Å². The Bertz CT molecular complexity index is 728. The van der Waals surface area contributed by atoms with Crippen LogP contribution in [0.15, 0.2) is 40.9 Å². The number of aromatic nitrogens is 2. The number of fused-ring (bicyclic) bond motifs is 1. The summed E-state index contributed by atoms with van der Waals surface area (Å²) in [7, 11) is 0. The molecule has 0 amide bonds. The second-order valence-electron chi connectivity index (χ2n) is 4.55. The predicted molar refractivity (Wildman–Crippen MR) is 78.7 cm³/mol. The van der Waals surface area contributed by atoms with Crippen molar-refractivity contribution < 1.29 is 0 Å². The van der Waals surface area contributed by atoms with Crippen LogP contribution in [0.4, 0.5) is 0 Å². The Balaban J connectivity index is 2.16. The number of hydrogen-bond donors (Lipinski definition) is 1. The molecule has 1 aromatic heterocycles. The standard InChI is InChI=1S/C15H13BrN2/c1-9-3-4-11(7-10(9)2)15-17-13-6-5-12(16)8-14(13)18-15/h3-8H,1-2H3,(H,17,18). The number of halogens is 1. The smallest absolute Gasteiger partial charge is 0.138 e. The number of benzene rings is 2. The molecular weight excluding hydrogens is 288 g/mol. The predicted octanol–water partition coefficient (Wildman–Crippen LogP) is 4.61. The molecule has 0 spiro atoms. The van der Waals surface area contributed by atoms with Crippen LogP contribution < -0.4 is 0 Å². The highest BCUT2D eigenvalue weighted by atomic mass is 79.9. The monoisotopic (exact) mass is 300 g/mol. The van der Waals surface area contributed by atoms with E-state index in [9.17, 15) is 0 Å². The van der Waals surface area contributed by atoms with Gasteiger partial charge in [-0.25, -0.2) is 4.98 Å². The van der Waals surface area contributed by atoms with E-state index >= 15 is 0 Å². The van der Waals surface area contributed by atoms with Crippen molar-refractivity contribution in [3.63, 3.8) is 0 Å². The van der Waals surface area contributed by atoms with Crippen LogP contribution in [0.5, 0.6) is 0 Å². The molecule has 18 heavy (non-hydrogen) atoms. The maximum atomic E-state index is 4.62. The number of aromatic amines is 1. The first-order valence-electron chi connectivity index (χ1n) is 5.86. The number of H-pyrrole nitrogens is 1. The molecule has 0 radical (unpaired) electrons. The Labute approximate surface area is 114 Å². The lowest BCUT2D eigenvalue weighted by Crippen LogP contribution is -1.84. The average Bonchev–Trinajstić information content (AvgIpc) is 2.75. The van der Waals surface area contributed by atoms with Crippen LogP contribution in [0.25, 0.3) is 22.4 Å². The molecule has 0 bridgehead atoms. The molecule has 0 saturated heterocycles. The first-order chi connectivity index (χ1) is 8.63. The van der Waals surface area contributed by atoms with Crippen LogP contribution in [0.3, 0.4) is 0 Å². The van der Waals surface area contributed by atoms with Crippen molar-refractivity contribution in [3.8, 4) is 11.4 Å². The molecule has 0 fully saturated rings. The van der Waals surface area contributed by atoms with Crippen molar-refractivity contribution in [3.05, 3.63) is 52.0 Å². The maximum absolute atomic E-state index is 4.62.